The summed E-state index contributed by atoms with van der Waals surface area (Å²) in [6.07, 6.45) is 6.47. The molecule has 0 fully saturated rings. The molecule has 0 bridgehead atoms. The maximum absolute atomic E-state index is 11.8. The lowest BCUT2D eigenvalue weighted by molar-refractivity contribution is -0.116. The van der Waals surface area contributed by atoms with Crippen LogP contribution in [0.15, 0.2) is 48.8 Å². The zero-order valence-corrected chi connectivity index (χ0v) is 10.4. The third-order valence-electron chi connectivity index (χ3n) is 2.39. The lowest BCUT2D eigenvalue weighted by Gasteiger charge is -2.04. The van der Waals surface area contributed by atoms with Gasteiger partial charge in [-0.1, -0.05) is 17.7 Å². The second-order valence-corrected chi connectivity index (χ2v) is 4.14. The molecule has 3 nitrogen and oxygen atoms in total. The summed E-state index contributed by atoms with van der Waals surface area (Å²) in [5, 5.41) is 3.31. The van der Waals surface area contributed by atoms with Crippen molar-refractivity contribution in [1.82, 2.24) is 5.32 Å². The Balaban J connectivity index is 2.31. The van der Waals surface area contributed by atoms with E-state index in [1.165, 1.54) is 6.26 Å². The number of nitrogens with one attached hydrogen (secondary N) is 1. The van der Waals surface area contributed by atoms with E-state index in [-0.39, 0.29) is 5.91 Å². The Bertz CT molecular complexity index is 547. The molecule has 0 unspecified atom stereocenters. The first-order valence-electron chi connectivity index (χ1n) is 5.44. The van der Waals surface area contributed by atoms with E-state index >= 15 is 0 Å². The van der Waals surface area contributed by atoms with Gasteiger partial charge in [0.1, 0.15) is 5.75 Å². The van der Waals surface area contributed by atoms with E-state index in [1.807, 2.05) is 0 Å². The predicted octanol–water partition coefficient (Wildman–Crippen LogP) is 2.93. The number of hydrogen-bond acceptors (Lipinski definition) is 2. The Labute approximate surface area is 110 Å². The summed E-state index contributed by atoms with van der Waals surface area (Å²) in [6.45, 7) is 3.97. The van der Waals surface area contributed by atoms with Crippen LogP contribution in [0.4, 0.5) is 0 Å². The Morgan fingerprint density at radius 2 is 2.33 bits per heavy atom. The molecule has 1 aliphatic rings. The molecule has 92 valence electrons. The van der Waals surface area contributed by atoms with Gasteiger partial charge in [-0.05, 0) is 30.4 Å². The zero-order valence-electron chi connectivity index (χ0n) is 9.65. The second-order valence-electron chi connectivity index (χ2n) is 3.70. The molecule has 2 rings (SSSR count). The monoisotopic (exact) mass is 261 g/mol. The predicted molar refractivity (Wildman–Crippen MR) is 72.4 cm³/mol. The van der Waals surface area contributed by atoms with E-state index in [2.05, 4.69) is 11.9 Å². The van der Waals surface area contributed by atoms with Gasteiger partial charge in [0, 0.05) is 22.7 Å². The van der Waals surface area contributed by atoms with Crippen LogP contribution < -0.4 is 10.1 Å². The number of hydrogen-bond donors (Lipinski definition) is 1. The summed E-state index contributed by atoms with van der Waals surface area (Å²) in [6, 6.07) is 5.26. The van der Waals surface area contributed by atoms with Crippen molar-refractivity contribution in [2.75, 3.05) is 6.54 Å². The fraction of sp³-hybridized carbons (Fsp3) is 0.0714. The standard InChI is InChI=1S/C14H12ClNO2/c1-2-6-16-14(17)10-5-7-18-13-4-3-12(15)9-11(13)8-10/h2-5,7-9H,1,6H2,(H,16,17). The van der Waals surface area contributed by atoms with Gasteiger partial charge >= 0.3 is 0 Å². The van der Waals surface area contributed by atoms with E-state index in [9.17, 15) is 4.79 Å². The molecule has 1 amide bonds. The largest absolute Gasteiger partial charge is 0.464 e. The van der Waals surface area contributed by atoms with Crippen molar-refractivity contribution in [2.45, 2.75) is 0 Å². The lowest BCUT2D eigenvalue weighted by Crippen LogP contribution is -2.24. The molecule has 0 saturated heterocycles. The van der Waals surface area contributed by atoms with Gasteiger partial charge < -0.3 is 10.1 Å². The normalized spacial score (nSPS) is 12.8. The SMILES string of the molecule is C=CCNC(=O)C1=Cc2cc(Cl)ccc2OC=C1. The first-order valence-corrected chi connectivity index (χ1v) is 5.82. The van der Waals surface area contributed by atoms with Gasteiger partial charge in [-0.2, -0.15) is 0 Å². The Hall–Kier alpha value is -2.00. The fourth-order valence-electron chi connectivity index (χ4n) is 1.54. The van der Waals surface area contributed by atoms with Gasteiger partial charge in [-0.15, -0.1) is 6.58 Å². The highest BCUT2D eigenvalue weighted by atomic mass is 35.5. The van der Waals surface area contributed by atoms with Gasteiger partial charge in [-0.25, -0.2) is 0 Å². The summed E-state index contributed by atoms with van der Waals surface area (Å²) in [5.74, 6) is 0.491. The molecule has 1 N–H and O–H groups in total. The number of halogens is 1. The molecule has 4 heteroatoms. The second kappa shape index (κ2) is 5.56. The van der Waals surface area contributed by atoms with Crippen molar-refractivity contribution in [1.29, 1.82) is 0 Å². The van der Waals surface area contributed by atoms with Crippen molar-refractivity contribution in [3.63, 3.8) is 0 Å². The van der Waals surface area contributed by atoms with Crippen molar-refractivity contribution < 1.29 is 9.53 Å². The van der Waals surface area contributed by atoms with Gasteiger partial charge in [-0.3, -0.25) is 4.79 Å². The molecule has 0 aromatic heterocycles. The molecule has 1 aliphatic heterocycles. The minimum absolute atomic E-state index is 0.178. The lowest BCUT2D eigenvalue weighted by atomic mass is 10.1. The van der Waals surface area contributed by atoms with Crippen molar-refractivity contribution in [3.05, 3.63) is 59.4 Å². The number of carbonyl (C=O) groups excluding carboxylic acids is 1. The summed E-state index contributed by atoms with van der Waals surface area (Å²) >= 11 is 5.92. The van der Waals surface area contributed by atoms with Crippen LogP contribution in [-0.4, -0.2) is 12.5 Å². The Kier molecular flexibility index (Phi) is 3.85. The molecule has 1 aromatic rings. The van der Waals surface area contributed by atoms with Crippen LogP contribution in [0.25, 0.3) is 6.08 Å². The number of carbonyl (C=O) groups is 1. The minimum atomic E-state index is -0.178. The van der Waals surface area contributed by atoms with Crippen LogP contribution in [0.3, 0.4) is 0 Å². The van der Waals surface area contributed by atoms with E-state index in [0.717, 1.165) is 5.56 Å². The number of ether oxygens (including phenoxy) is 1. The molecule has 18 heavy (non-hydrogen) atoms. The van der Waals surface area contributed by atoms with Crippen LogP contribution in [0.2, 0.25) is 5.02 Å². The minimum Gasteiger partial charge on any atom is -0.464 e. The van der Waals surface area contributed by atoms with Crippen LogP contribution in [0, 0.1) is 0 Å². The topological polar surface area (TPSA) is 38.3 Å². The first-order chi connectivity index (χ1) is 8.70. The highest BCUT2D eigenvalue weighted by molar-refractivity contribution is 6.30. The van der Waals surface area contributed by atoms with E-state index in [4.69, 9.17) is 16.3 Å². The van der Waals surface area contributed by atoms with Crippen molar-refractivity contribution in [3.8, 4) is 5.75 Å². The third-order valence-corrected chi connectivity index (χ3v) is 2.63. The molecular weight excluding hydrogens is 250 g/mol. The Morgan fingerprint density at radius 1 is 1.50 bits per heavy atom. The summed E-state index contributed by atoms with van der Waals surface area (Å²) < 4.78 is 5.40. The molecule has 1 aromatic carbocycles. The van der Waals surface area contributed by atoms with Gasteiger partial charge in [0.05, 0.1) is 6.26 Å². The fourth-order valence-corrected chi connectivity index (χ4v) is 1.72. The summed E-state index contributed by atoms with van der Waals surface area (Å²) in [4.78, 5) is 11.8. The molecule has 1 heterocycles. The molecule has 0 saturated carbocycles. The van der Waals surface area contributed by atoms with Crippen LogP contribution >= 0.6 is 11.6 Å². The Morgan fingerprint density at radius 3 is 3.11 bits per heavy atom. The average molecular weight is 262 g/mol. The van der Waals surface area contributed by atoms with Gasteiger partial charge in [0.2, 0.25) is 0 Å². The highest BCUT2D eigenvalue weighted by Crippen LogP contribution is 2.27. The first kappa shape index (κ1) is 12.5. The van der Waals surface area contributed by atoms with Crippen LogP contribution in [-0.2, 0) is 4.79 Å². The molecule has 0 atom stereocenters. The quantitative estimate of drug-likeness (QED) is 0.850. The number of rotatable bonds is 3. The van der Waals surface area contributed by atoms with Crippen molar-refractivity contribution in [2.24, 2.45) is 0 Å². The number of benzene rings is 1. The average Bonchev–Trinajstić information content (AvgIpc) is 2.57. The maximum Gasteiger partial charge on any atom is 0.251 e. The van der Waals surface area contributed by atoms with Gasteiger partial charge in [0.15, 0.2) is 0 Å². The summed E-state index contributed by atoms with van der Waals surface area (Å²) in [5.41, 5.74) is 1.29. The maximum atomic E-state index is 11.8. The van der Waals surface area contributed by atoms with Gasteiger partial charge in [0.25, 0.3) is 5.91 Å². The molecule has 0 aliphatic carbocycles. The number of fused-ring (bicyclic) bond motifs is 1. The van der Waals surface area contributed by atoms with Crippen molar-refractivity contribution >= 4 is 23.6 Å². The summed E-state index contributed by atoms with van der Waals surface area (Å²) in [7, 11) is 0. The van der Waals surface area contributed by atoms with E-state index < -0.39 is 0 Å². The molecule has 0 spiro atoms. The van der Waals surface area contributed by atoms with E-state index in [1.54, 1.807) is 36.4 Å². The van der Waals surface area contributed by atoms with E-state index in [0.29, 0.717) is 22.9 Å². The molecule has 0 radical (unpaired) electrons. The smallest absolute Gasteiger partial charge is 0.251 e. The highest BCUT2D eigenvalue weighted by Gasteiger charge is 2.11. The van der Waals surface area contributed by atoms with Crippen LogP contribution in [0.1, 0.15) is 5.56 Å². The number of amides is 1. The molecular formula is C14H12ClNO2. The zero-order chi connectivity index (χ0) is 13.0. The third kappa shape index (κ3) is 2.81. The van der Waals surface area contributed by atoms with Crippen LogP contribution in [0.5, 0.6) is 5.75 Å².